The van der Waals surface area contributed by atoms with Gasteiger partial charge >= 0.3 is 0 Å². The molecular formula is C26H31N3O5S. The molecule has 9 heteroatoms. The van der Waals surface area contributed by atoms with Crippen LogP contribution in [0.2, 0.25) is 0 Å². The Morgan fingerprint density at radius 3 is 2.51 bits per heavy atom. The van der Waals surface area contributed by atoms with Gasteiger partial charge < -0.3 is 14.5 Å². The lowest BCUT2D eigenvalue weighted by atomic mass is 9.75. The summed E-state index contributed by atoms with van der Waals surface area (Å²) in [6, 6.07) is 13.0. The van der Waals surface area contributed by atoms with E-state index >= 15 is 0 Å². The fraction of sp³-hybridized carbons (Fsp3) is 0.385. The van der Waals surface area contributed by atoms with Gasteiger partial charge in [0.05, 0.1) is 18.6 Å². The van der Waals surface area contributed by atoms with Crippen molar-refractivity contribution in [3.63, 3.8) is 0 Å². The molecule has 35 heavy (non-hydrogen) atoms. The summed E-state index contributed by atoms with van der Waals surface area (Å²) in [5.41, 5.74) is 1.33. The minimum atomic E-state index is -3.78. The van der Waals surface area contributed by atoms with Crippen molar-refractivity contribution in [2.75, 3.05) is 11.8 Å². The molecule has 0 bridgehead atoms. The third kappa shape index (κ3) is 5.67. The van der Waals surface area contributed by atoms with Crippen LogP contribution in [0.3, 0.4) is 0 Å². The summed E-state index contributed by atoms with van der Waals surface area (Å²) in [5.74, 6) is 1.60. The molecular weight excluding hydrogens is 466 g/mol. The zero-order valence-corrected chi connectivity index (χ0v) is 21.1. The molecule has 1 amide bonds. The maximum Gasteiger partial charge on any atom is 0.261 e. The average Bonchev–Trinajstić information content (AvgIpc) is 3.23. The first kappa shape index (κ1) is 24.8. The molecule has 1 aromatic heterocycles. The van der Waals surface area contributed by atoms with E-state index in [-0.39, 0.29) is 22.8 Å². The molecule has 1 fully saturated rings. The number of sulfonamides is 1. The fourth-order valence-corrected chi connectivity index (χ4v) is 5.39. The molecule has 0 aliphatic heterocycles. The number of aryl methyl sites for hydroxylation is 1. The fourth-order valence-electron chi connectivity index (χ4n) is 4.34. The van der Waals surface area contributed by atoms with Crippen LogP contribution in [0.1, 0.15) is 50.5 Å². The highest BCUT2D eigenvalue weighted by Crippen LogP contribution is 2.36. The number of hydrogen-bond donors (Lipinski definition) is 2. The van der Waals surface area contributed by atoms with Crippen molar-refractivity contribution in [1.29, 1.82) is 0 Å². The Balaban J connectivity index is 1.46. The van der Waals surface area contributed by atoms with Crippen LogP contribution in [0.4, 0.5) is 5.69 Å². The number of rotatable bonds is 8. The number of carbonyl (C=O) groups excluding carboxylic acids is 1. The molecule has 2 N–H and O–H groups in total. The molecule has 0 atom stereocenters. The summed E-state index contributed by atoms with van der Waals surface area (Å²) in [4.78, 5) is 17.5. The van der Waals surface area contributed by atoms with Gasteiger partial charge in [-0.3, -0.25) is 9.52 Å². The number of methoxy groups -OCH3 is 1. The predicted octanol–water partition coefficient (Wildman–Crippen LogP) is 5.05. The van der Waals surface area contributed by atoms with Gasteiger partial charge in [-0.15, -0.1) is 0 Å². The van der Waals surface area contributed by atoms with Gasteiger partial charge in [0.15, 0.2) is 0 Å². The van der Waals surface area contributed by atoms with Crippen molar-refractivity contribution < 1.29 is 22.4 Å². The number of oxazole rings is 1. The molecule has 0 spiro atoms. The Labute approximate surface area is 206 Å². The van der Waals surface area contributed by atoms with E-state index in [0.717, 1.165) is 25.7 Å². The first-order valence-corrected chi connectivity index (χ1v) is 13.2. The van der Waals surface area contributed by atoms with Gasteiger partial charge in [0.25, 0.3) is 10.0 Å². The quantitative estimate of drug-likeness (QED) is 0.451. The second kappa shape index (κ2) is 10.1. The summed E-state index contributed by atoms with van der Waals surface area (Å²) in [5, 5.41) is 3.02. The first-order chi connectivity index (χ1) is 16.7. The molecule has 3 aromatic rings. The lowest BCUT2D eigenvalue weighted by Crippen LogP contribution is -2.40. The zero-order chi connectivity index (χ0) is 25.1. The van der Waals surface area contributed by atoms with Gasteiger partial charge in [0.2, 0.25) is 11.8 Å². The van der Waals surface area contributed by atoms with Crippen LogP contribution in [0.15, 0.2) is 57.8 Å². The van der Waals surface area contributed by atoms with Gasteiger partial charge in [-0.2, -0.15) is 0 Å². The van der Waals surface area contributed by atoms with Crippen LogP contribution >= 0.6 is 0 Å². The summed E-state index contributed by atoms with van der Waals surface area (Å²) in [6.07, 6.45) is 5.15. The second-order valence-corrected chi connectivity index (χ2v) is 10.9. The van der Waals surface area contributed by atoms with E-state index in [4.69, 9.17) is 9.15 Å². The number of anilines is 1. The number of benzene rings is 2. The van der Waals surface area contributed by atoms with Crippen LogP contribution < -0.4 is 14.8 Å². The van der Waals surface area contributed by atoms with E-state index in [0.29, 0.717) is 34.3 Å². The molecule has 0 saturated heterocycles. The maximum absolute atomic E-state index is 12.8. The molecule has 2 aromatic carbocycles. The number of aromatic nitrogens is 1. The van der Waals surface area contributed by atoms with Crippen molar-refractivity contribution in [3.8, 4) is 17.2 Å². The molecule has 0 radical (unpaired) electrons. The van der Waals surface area contributed by atoms with Crippen molar-refractivity contribution >= 4 is 21.6 Å². The van der Waals surface area contributed by atoms with E-state index < -0.39 is 10.0 Å². The van der Waals surface area contributed by atoms with E-state index in [9.17, 15) is 13.2 Å². The van der Waals surface area contributed by atoms with Crippen molar-refractivity contribution in [2.24, 2.45) is 5.41 Å². The summed E-state index contributed by atoms with van der Waals surface area (Å²) < 4.78 is 39.1. The highest BCUT2D eigenvalue weighted by Gasteiger charge is 2.34. The minimum Gasteiger partial charge on any atom is -0.497 e. The number of carbonyl (C=O) groups is 1. The van der Waals surface area contributed by atoms with Crippen LogP contribution in [0, 0.1) is 12.3 Å². The first-order valence-electron chi connectivity index (χ1n) is 11.7. The third-order valence-electron chi connectivity index (χ3n) is 6.55. The number of ether oxygens (including phenoxy) is 1. The Morgan fingerprint density at radius 2 is 1.83 bits per heavy atom. The molecule has 8 nitrogen and oxygen atoms in total. The lowest BCUT2D eigenvalue weighted by Gasteiger charge is -2.31. The topological polar surface area (TPSA) is 111 Å². The summed E-state index contributed by atoms with van der Waals surface area (Å²) in [6.45, 7) is 4.12. The van der Waals surface area contributed by atoms with Gasteiger partial charge in [0.1, 0.15) is 17.2 Å². The number of nitrogens with zero attached hydrogens (tertiary/aromatic N) is 1. The maximum atomic E-state index is 12.8. The molecule has 186 valence electrons. The molecule has 1 aliphatic carbocycles. The standard InChI is InChI=1S/C26H31N3O5S/c1-18-23(17-27-25(30)26(2)14-5-4-6-15-26)28-24(34-18)19-8-7-9-20(16-19)29-35(31,32)22-12-10-21(33-3)11-13-22/h7-13,16,29H,4-6,14-15,17H2,1-3H3,(H,27,30). The van der Waals surface area contributed by atoms with Gasteiger partial charge in [-0.25, -0.2) is 13.4 Å². The Bertz CT molecular complexity index is 1290. The highest BCUT2D eigenvalue weighted by atomic mass is 32.2. The van der Waals surface area contributed by atoms with Crippen LogP contribution in [-0.2, 0) is 21.4 Å². The Kier molecular flexibility index (Phi) is 7.16. The van der Waals surface area contributed by atoms with Crippen molar-refractivity contribution in [2.45, 2.75) is 57.4 Å². The Hall–Kier alpha value is -3.33. The Morgan fingerprint density at radius 1 is 1.11 bits per heavy atom. The summed E-state index contributed by atoms with van der Waals surface area (Å²) >= 11 is 0. The van der Waals surface area contributed by atoms with Gasteiger partial charge in [-0.05, 0) is 62.2 Å². The van der Waals surface area contributed by atoms with E-state index in [2.05, 4.69) is 15.0 Å². The molecule has 1 saturated carbocycles. The monoisotopic (exact) mass is 497 g/mol. The third-order valence-corrected chi connectivity index (χ3v) is 7.94. The highest BCUT2D eigenvalue weighted by molar-refractivity contribution is 7.92. The molecule has 1 aliphatic rings. The lowest BCUT2D eigenvalue weighted by molar-refractivity contribution is -0.132. The van der Waals surface area contributed by atoms with Crippen LogP contribution in [0.5, 0.6) is 5.75 Å². The van der Waals surface area contributed by atoms with E-state index in [1.807, 2.05) is 6.92 Å². The number of hydrogen-bond acceptors (Lipinski definition) is 6. The summed E-state index contributed by atoms with van der Waals surface area (Å²) in [7, 11) is -2.26. The SMILES string of the molecule is COc1ccc(S(=O)(=O)Nc2cccc(-c3nc(CNC(=O)C4(C)CCCCC4)c(C)o3)c2)cc1. The number of amides is 1. The van der Waals surface area contributed by atoms with E-state index in [1.165, 1.54) is 25.7 Å². The number of nitrogens with one attached hydrogen (secondary N) is 2. The predicted molar refractivity (Wildman–Crippen MR) is 134 cm³/mol. The normalized spacial score (nSPS) is 15.4. The average molecular weight is 498 g/mol. The molecule has 1 heterocycles. The van der Waals surface area contributed by atoms with Gasteiger partial charge in [0, 0.05) is 16.7 Å². The van der Waals surface area contributed by atoms with Crippen LogP contribution in [0.25, 0.3) is 11.5 Å². The largest absolute Gasteiger partial charge is 0.497 e. The second-order valence-electron chi connectivity index (χ2n) is 9.19. The van der Waals surface area contributed by atoms with Crippen LogP contribution in [-0.4, -0.2) is 26.4 Å². The van der Waals surface area contributed by atoms with E-state index in [1.54, 1.807) is 43.3 Å². The minimum absolute atomic E-state index is 0.0519. The van der Waals surface area contributed by atoms with Crippen molar-refractivity contribution in [1.82, 2.24) is 10.3 Å². The van der Waals surface area contributed by atoms with Gasteiger partial charge in [-0.1, -0.05) is 32.3 Å². The zero-order valence-electron chi connectivity index (χ0n) is 20.3. The van der Waals surface area contributed by atoms with Crippen molar-refractivity contribution in [3.05, 3.63) is 60.0 Å². The molecule has 0 unspecified atom stereocenters. The smallest absolute Gasteiger partial charge is 0.261 e. The molecule has 4 rings (SSSR count).